The van der Waals surface area contributed by atoms with Crippen LogP contribution in [0.4, 0.5) is 0 Å². The molecule has 0 aromatic carbocycles. The van der Waals surface area contributed by atoms with Gasteiger partial charge in [-0.1, -0.05) is 22.1 Å². The Morgan fingerprint density at radius 3 is 1.30 bits per heavy atom. The largest absolute Gasteiger partial charge is 0.481 e. The highest BCUT2D eigenvalue weighted by molar-refractivity contribution is 5.77. The molecular weight excluding hydrogens is 1510 g/mol. The number of aliphatic carboxylic acids is 1. The van der Waals surface area contributed by atoms with Crippen molar-refractivity contribution in [2.45, 2.75) is 189 Å². The van der Waals surface area contributed by atoms with Gasteiger partial charge in [0, 0.05) is 33.1 Å². The summed E-state index contributed by atoms with van der Waals surface area (Å²) in [4.78, 5) is 48.1. The lowest BCUT2D eigenvalue weighted by molar-refractivity contribution is -0.297. The minimum Gasteiger partial charge on any atom is -0.481 e. The second-order valence-electron chi connectivity index (χ2n) is 28.0. The molecule has 3 aromatic heterocycles. The maximum Gasteiger partial charge on any atom is 0.303 e. The quantitative estimate of drug-likeness (QED) is 0.0235. The number of aliphatic hydroxyl groups excluding tert-OH is 7. The molecule has 0 aliphatic carbocycles. The Balaban J connectivity index is 0.737. The number of aromatic nitrogens is 9. The maximum atomic E-state index is 13.9. The summed E-state index contributed by atoms with van der Waals surface area (Å²) in [5.74, 6) is -2.17. The molecule has 11 N–H and O–H groups in total. The summed E-state index contributed by atoms with van der Waals surface area (Å²) >= 11 is 0. The average Bonchev–Trinajstić information content (AvgIpc) is 1.63. The first-order valence-electron chi connectivity index (χ1n) is 38.0. The first-order chi connectivity index (χ1) is 54.6. The SMILES string of the molecule is CC(=O)N[C@@H]1[C@@H](O)[C@@H](O)[C@@](C)(COCCOCCOCCOCCn2cc(COCC(COCc3cn(CCOCCOCCOCCOC[C@@]45CO[C@@H](O4)[C@H](NC(C)=O)[C@@H](O)[C@H]5O)nn3)(COCc3cn(CCOCCOCCOCCOC[C@]45CO[C@H](C[C@@H](O)[C@H]4O)O5)nn3)NC(=O)CCCCCC(=O)O)nn2)O[C@@H]1O. The molecule has 8 rings (SSSR count). The van der Waals surface area contributed by atoms with Gasteiger partial charge in [0.05, 0.1) is 256 Å². The highest BCUT2D eigenvalue weighted by Gasteiger charge is 2.60. The molecule has 113 heavy (non-hydrogen) atoms. The molecule has 3 aromatic rings. The molecular formula is C69H116N12O32. The molecule has 44 nitrogen and oxygen atoms in total. The van der Waals surface area contributed by atoms with Crippen molar-refractivity contribution in [1.82, 2.24) is 60.9 Å². The Morgan fingerprint density at radius 2 is 0.858 bits per heavy atom. The Kier molecular flexibility index (Phi) is 40.6. The Morgan fingerprint density at radius 1 is 0.469 bits per heavy atom. The maximum absolute atomic E-state index is 13.9. The number of ether oxygens (including phenoxy) is 20. The van der Waals surface area contributed by atoms with Crippen LogP contribution in [0.25, 0.3) is 0 Å². The number of hydrogen-bond acceptors (Lipinski definition) is 37. The van der Waals surface area contributed by atoms with Crippen molar-refractivity contribution in [2.75, 3.05) is 192 Å². The van der Waals surface area contributed by atoms with Crippen LogP contribution in [0.1, 0.15) is 76.4 Å². The molecule has 44 heteroatoms. The number of nitrogens with one attached hydrogen (secondary N) is 3. The van der Waals surface area contributed by atoms with Crippen LogP contribution in [0, 0.1) is 0 Å². The van der Waals surface area contributed by atoms with Crippen molar-refractivity contribution in [1.29, 1.82) is 0 Å². The number of hydrogen-bond donors (Lipinski definition) is 11. The van der Waals surface area contributed by atoms with Crippen LogP contribution in [-0.2, 0) is 153 Å². The van der Waals surface area contributed by atoms with Crippen LogP contribution in [0.15, 0.2) is 18.6 Å². The zero-order valence-electron chi connectivity index (χ0n) is 64.5. The van der Waals surface area contributed by atoms with Crippen LogP contribution >= 0.6 is 0 Å². The van der Waals surface area contributed by atoms with Gasteiger partial charge in [-0.25, -0.2) is 14.0 Å². The highest BCUT2D eigenvalue weighted by atomic mass is 16.8. The molecule has 0 spiro atoms. The van der Waals surface area contributed by atoms with Crippen LogP contribution in [0.5, 0.6) is 0 Å². The van der Waals surface area contributed by atoms with Crippen molar-refractivity contribution in [3.63, 3.8) is 0 Å². The van der Waals surface area contributed by atoms with E-state index in [1.54, 1.807) is 32.6 Å². The fourth-order valence-electron chi connectivity index (χ4n) is 12.5. The molecule has 3 amide bonds. The number of carboxylic acid groups (broad SMARTS) is 1. The molecule has 5 saturated heterocycles. The van der Waals surface area contributed by atoms with E-state index in [1.807, 2.05) is 0 Å². The molecule has 8 heterocycles. The second-order valence-corrected chi connectivity index (χ2v) is 28.0. The summed E-state index contributed by atoms with van der Waals surface area (Å²) in [5, 5.41) is 116. The highest BCUT2D eigenvalue weighted by Crippen LogP contribution is 2.39. The standard InChI is InChI=1S/C69H116N12O32/c1-48(82)70-57-59(88)62(91)66(3,112-64(57)93)40-103-30-27-100-24-21-97-18-15-94-12-9-79-34-50(73-76-79)37-106-41-67(72-54(85)7-5-4-6-8-55(86)87,42-107-38-51-35-80(77-74-51)10-13-95-16-19-98-22-25-101-28-31-104-44-68-46-109-56(111-68)33-53(84)61(68)90)43-108-39-52-36-81(78-75-52)11-14-96-17-20-99-23-26-102-29-32-105-45-69-47-110-65(113-69)58(71-49(2)83)60(89)63(69)92/h34-36,53,56-65,84,88-93H,4-33,37-47H2,1-3H3,(H,70,82)(H,71,83)(H,72,85)(H,86,87)/t53-,56+,57-,58-,59-,60-,61-,62-,63-,64+,65+,66-,67?,68+,69+/m1/s1. The number of carbonyl (C=O) groups is 4. The van der Waals surface area contributed by atoms with Crippen molar-refractivity contribution in [2.24, 2.45) is 0 Å². The summed E-state index contributed by atoms with van der Waals surface area (Å²) in [5.41, 5.74) is -3.69. The van der Waals surface area contributed by atoms with E-state index in [9.17, 15) is 60.0 Å². The fraction of sp³-hybridized carbons (Fsp3) is 0.855. The molecule has 0 saturated carbocycles. The zero-order chi connectivity index (χ0) is 80.7. The molecule has 4 bridgehead atoms. The third-order valence-corrected chi connectivity index (χ3v) is 18.5. The molecule has 5 aliphatic rings. The van der Waals surface area contributed by atoms with Crippen LogP contribution in [0.3, 0.4) is 0 Å². The molecule has 0 radical (unpaired) electrons. The van der Waals surface area contributed by atoms with Gasteiger partial charge in [0.15, 0.2) is 18.9 Å². The van der Waals surface area contributed by atoms with E-state index < -0.39 is 108 Å². The van der Waals surface area contributed by atoms with E-state index in [2.05, 4.69) is 46.9 Å². The lowest BCUT2D eigenvalue weighted by Crippen LogP contribution is -2.68. The van der Waals surface area contributed by atoms with Crippen LogP contribution in [-0.4, -0.2) is 391 Å². The fourth-order valence-corrected chi connectivity index (χ4v) is 12.5. The first-order valence-corrected chi connectivity index (χ1v) is 38.0. The van der Waals surface area contributed by atoms with E-state index in [1.165, 1.54) is 20.8 Å². The molecule has 644 valence electrons. The number of amides is 3. The number of rotatable bonds is 63. The second kappa shape index (κ2) is 49.4. The van der Waals surface area contributed by atoms with Crippen molar-refractivity contribution in [3.05, 3.63) is 35.7 Å². The number of unbranched alkanes of at least 4 members (excludes halogenated alkanes) is 2. The van der Waals surface area contributed by atoms with Gasteiger partial charge in [-0.05, 0) is 19.8 Å². The number of aliphatic hydroxyl groups is 7. The topological polar surface area (TPSA) is 543 Å². The molecule has 15 atom stereocenters. The van der Waals surface area contributed by atoms with Crippen LogP contribution < -0.4 is 16.0 Å². The summed E-state index contributed by atoms with van der Waals surface area (Å²) < 4.78 is 120. The van der Waals surface area contributed by atoms with E-state index in [0.717, 1.165) is 0 Å². The Labute approximate surface area is 653 Å². The monoisotopic (exact) mass is 1620 g/mol. The third kappa shape index (κ3) is 31.6. The number of fused-ring (bicyclic) bond motifs is 4. The van der Waals surface area contributed by atoms with E-state index in [0.29, 0.717) is 122 Å². The van der Waals surface area contributed by atoms with Gasteiger partial charge in [0.2, 0.25) is 17.7 Å². The summed E-state index contributed by atoms with van der Waals surface area (Å²) in [6, 6.07) is -2.11. The molecule has 1 unspecified atom stereocenters. The van der Waals surface area contributed by atoms with E-state index in [4.69, 9.17) is 94.7 Å². The van der Waals surface area contributed by atoms with Gasteiger partial charge in [0.25, 0.3) is 0 Å². The Hall–Kier alpha value is -5.78. The normalized spacial score (nSPS) is 26.6. The summed E-state index contributed by atoms with van der Waals surface area (Å²) in [7, 11) is 0. The van der Waals surface area contributed by atoms with Gasteiger partial charge < -0.3 is 152 Å². The van der Waals surface area contributed by atoms with Gasteiger partial charge >= 0.3 is 5.97 Å². The minimum absolute atomic E-state index is 0.0160. The van der Waals surface area contributed by atoms with Gasteiger partial charge in [-0.2, -0.15) is 0 Å². The van der Waals surface area contributed by atoms with Crippen molar-refractivity contribution >= 4 is 23.7 Å². The summed E-state index contributed by atoms with van der Waals surface area (Å²) in [6.07, 6.45) is -3.96. The van der Waals surface area contributed by atoms with E-state index in [-0.39, 0.29) is 171 Å². The predicted molar refractivity (Wildman–Crippen MR) is 379 cm³/mol. The van der Waals surface area contributed by atoms with Crippen molar-refractivity contribution in [3.8, 4) is 0 Å². The number of carbonyl (C=O) groups excluding carboxylic acids is 3. The molecule has 5 aliphatic heterocycles. The van der Waals surface area contributed by atoms with Gasteiger partial charge in [-0.3, -0.25) is 19.2 Å². The molecule has 5 fully saturated rings. The number of nitrogens with zero attached hydrogens (tertiary/aromatic N) is 9. The first kappa shape index (κ1) is 92.7. The predicted octanol–water partition coefficient (Wildman–Crippen LogP) is -5.58. The zero-order valence-corrected chi connectivity index (χ0v) is 64.5. The van der Waals surface area contributed by atoms with Gasteiger partial charge in [-0.15, -0.1) is 15.3 Å². The smallest absolute Gasteiger partial charge is 0.303 e. The van der Waals surface area contributed by atoms with Gasteiger partial charge in [0.1, 0.15) is 82.0 Å². The van der Waals surface area contributed by atoms with Crippen molar-refractivity contribution < 1.29 is 155 Å². The summed E-state index contributed by atoms with van der Waals surface area (Å²) in [6.45, 7) is 10.3. The minimum atomic E-state index is -1.56. The van der Waals surface area contributed by atoms with E-state index >= 15 is 0 Å². The third-order valence-electron chi connectivity index (χ3n) is 18.5. The Bertz CT molecular complexity index is 3180. The average molecular weight is 1630 g/mol. The van der Waals surface area contributed by atoms with Crippen LogP contribution in [0.2, 0.25) is 0 Å². The lowest BCUT2D eigenvalue weighted by Gasteiger charge is -2.46. The lowest BCUT2D eigenvalue weighted by atomic mass is 9.87. The number of carboxylic acids is 1.